The predicted octanol–water partition coefficient (Wildman–Crippen LogP) is 6.95. The summed E-state index contributed by atoms with van der Waals surface area (Å²) in [4.78, 5) is 0. The molecule has 8 heteroatoms. The molecule has 22 heavy (non-hydrogen) atoms. The molecule has 2 nitrogen and oxygen atoms in total. The first-order chi connectivity index (χ1) is 10.2. The molecule has 0 aliphatic heterocycles. The van der Waals surface area contributed by atoms with Gasteiger partial charge in [0.1, 0.15) is 0 Å². The molecule has 1 aromatic carbocycles. The number of hydrogen-bond donors (Lipinski definition) is 0. The molecule has 1 aromatic rings. The van der Waals surface area contributed by atoms with Crippen LogP contribution in [-0.2, 0) is 25.6 Å². The van der Waals surface area contributed by atoms with E-state index >= 15 is 0 Å². The molecule has 0 radical (unpaired) electrons. The topological polar surface area (TPSA) is 18.5 Å². The normalized spacial score (nSPS) is 12.6. The van der Waals surface area contributed by atoms with E-state index in [0.717, 1.165) is 15.7 Å². The summed E-state index contributed by atoms with van der Waals surface area (Å²) in [5.41, 5.74) is -1.23. The summed E-state index contributed by atoms with van der Waals surface area (Å²) in [6.45, 7) is 9.26. The van der Waals surface area contributed by atoms with Crippen LogP contribution in [-0.4, -0.2) is 18.3 Å². The molecule has 0 N–H and O–H groups in total. The van der Waals surface area contributed by atoms with Crippen molar-refractivity contribution in [1.82, 2.24) is 0 Å². The van der Waals surface area contributed by atoms with Crippen molar-refractivity contribution in [3.05, 3.63) is 33.8 Å². The van der Waals surface area contributed by atoms with Gasteiger partial charge >= 0.3 is 0 Å². The lowest BCUT2D eigenvalue weighted by Gasteiger charge is -2.27. The molecule has 0 heterocycles. The van der Waals surface area contributed by atoms with Crippen LogP contribution in [0.5, 0.6) is 0 Å². The number of benzene rings is 1. The van der Waals surface area contributed by atoms with Gasteiger partial charge in [-0.05, 0) is 63.3 Å². The summed E-state index contributed by atoms with van der Waals surface area (Å²) in [6, 6.07) is 5.55. The van der Waals surface area contributed by atoms with Crippen LogP contribution < -0.4 is 0 Å². The molecule has 0 saturated heterocycles. The van der Waals surface area contributed by atoms with Gasteiger partial charge in [-0.25, -0.2) is 0 Å². The van der Waals surface area contributed by atoms with E-state index in [1.165, 1.54) is 0 Å². The van der Waals surface area contributed by atoms with Gasteiger partial charge in [0, 0.05) is 19.9 Å². The second-order valence-electron chi connectivity index (χ2n) is 4.81. The highest BCUT2D eigenvalue weighted by Gasteiger charge is 2.26. The summed E-state index contributed by atoms with van der Waals surface area (Å²) in [5, 5.41) is 2.18. The van der Waals surface area contributed by atoms with E-state index in [-0.39, 0.29) is 4.75 Å². The summed E-state index contributed by atoms with van der Waals surface area (Å²) < 4.78 is 11.1. The molecular formula is C14H21Cl2O2PS3. The first kappa shape index (κ1) is 21.1. The highest BCUT2D eigenvalue weighted by Crippen LogP contribution is 2.62. The van der Waals surface area contributed by atoms with E-state index in [4.69, 9.17) is 44.1 Å². The fraction of sp³-hybridized carbons (Fsp3) is 0.571. The molecule has 0 fully saturated rings. The maximum atomic E-state index is 6.31. The van der Waals surface area contributed by atoms with E-state index in [1.54, 1.807) is 29.2 Å². The Labute approximate surface area is 156 Å². The van der Waals surface area contributed by atoms with Gasteiger partial charge in [0.25, 0.3) is 0 Å². The lowest BCUT2D eigenvalue weighted by Crippen LogP contribution is -2.13. The molecule has 1 rings (SSSR count). The van der Waals surface area contributed by atoms with Gasteiger partial charge in [0.05, 0.1) is 13.2 Å². The van der Waals surface area contributed by atoms with Gasteiger partial charge in [-0.1, -0.05) is 34.6 Å². The summed E-state index contributed by atoms with van der Waals surface area (Å²) >= 11 is 21.2. The van der Waals surface area contributed by atoms with Gasteiger partial charge in [-0.3, -0.25) is 0 Å². The Morgan fingerprint density at radius 2 is 1.77 bits per heavy atom. The lowest BCUT2D eigenvalue weighted by atomic mass is 10.0. The monoisotopic (exact) mass is 418 g/mol. The molecule has 0 atom stereocenters. The minimum Gasteiger partial charge on any atom is -0.322 e. The second-order valence-corrected chi connectivity index (χ2v) is 13.9. The van der Waals surface area contributed by atoms with Gasteiger partial charge in [0.15, 0.2) is 0 Å². The maximum absolute atomic E-state index is 6.31. The molecule has 0 saturated carbocycles. The van der Waals surface area contributed by atoms with Crippen molar-refractivity contribution >= 4 is 63.8 Å². The molecule has 0 aromatic heterocycles. The van der Waals surface area contributed by atoms with E-state index in [2.05, 4.69) is 13.8 Å². The molecule has 0 unspecified atom stereocenters. The van der Waals surface area contributed by atoms with Crippen molar-refractivity contribution in [2.45, 2.75) is 32.4 Å². The number of hydrogen-bond acceptors (Lipinski definition) is 5. The Morgan fingerprint density at radius 3 is 2.32 bits per heavy atom. The largest absolute Gasteiger partial charge is 0.322 e. The van der Waals surface area contributed by atoms with Crippen LogP contribution >= 0.6 is 52.0 Å². The number of thioether (sulfide) groups is 1. The van der Waals surface area contributed by atoms with Crippen LogP contribution in [0, 0.1) is 0 Å². The van der Waals surface area contributed by atoms with E-state index in [0.29, 0.717) is 18.2 Å². The van der Waals surface area contributed by atoms with Crippen molar-refractivity contribution in [2.75, 3.05) is 18.3 Å². The fourth-order valence-electron chi connectivity index (χ4n) is 1.70. The van der Waals surface area contributed by atoms with E-state index < -0.39 is 5.69 Å². The van der Waals surface area contributed by atoms with Gasteiger partial charge in [0.2, 0.25) is 5.69 Å². The average molecular weight is 419 g/mol. The third-order valence-corrected chi connectivity index (χ3v) is 10.8. The summed E-state index contributed by atoms with van der Waals surface area (Å²) in [6.07, 6.45) is 0. The third kappa shape index (κ3) is 6.52. The third-order valence-electron chi connectivity index (χ3n) is 2.78. The Balaban J connectivity index is 2.73. The summed E-state index contributed by atoms with van der Waals surface area (Å²) in [5.74, 6) is 0. The molecule has 126 valence electrons. The van der Waals surface area contributed by atoms with Crippen LogP contribution in [0.4, 0.5) is 0 Å². The molecule has 0 aliphatic carbocycles. The zero-order valence-electron chi connectivity index (χ0n) is 13.1. The standard InChI is InChI=1S/C14H21Cl2O2PS3/c1-5-17-19(20,18-6-2)22-10-21-14(3,4)12-9-11(15)7-8-13(12)16/h7-9H,5-6,10H2,1-4H3. The first-order valence-corrected chi connectivity index (χ1v) is 12.8. The van der Waals surface area contributed by atoms with Crippen molar-refractivity contribution in [2.24, 2.45) is 0 Å². The summed E-state index contributed by atoms with van der Waals surface area (Å²) in [7, 11) is 0. The molecule has 0 spiro atoms. The SMILES string of the molecule is CCOP(=S)(OCC)SCSC(C)(C)c1cc(Cl)ccc1Cl. The Kier molecular flexibility index (Phi) is 9.14. The average Bonchev–Trinajstić information content (AvgIpc) is 2.41. The minimum atomic E-state index is -2.25. The van der Waals surface area contributed by atoms with Crippen LogP contribution in [0.1, 0.15) is 33.3 Å². The predicted molar refractivity (Wildman–Crippen MR) is 107 cm³/mol. The Morgan fingerprint density at radius 1 is 1.18 bits per heavy atom. The van der Waals surface area contributed by atoms with Crippen LogP contribution in [0.25, 0.3) is 0 Å². The zero-order chi connectivity index (χ0) is 16.8. The fourth-order valence-corrected chi connectivity index (χ4v) is 9.88. The Bertz CT molecular complexity index is 531. The van der Waals surface area contributed by atoms with Crippen molar-refractivity contribution in [3.8, 4) is 0 Å². The molecular weight excluding hydrogens is 398 g/mol. The van der Waals surface area contributed by atoms with Crippen LogP contribution in [0.15, 0.2) is 18.2 Å². The minimum absolute atomic E-state index is 0.173. The first-order valence-electron chi connectivity index (χ1n) is 6.87. The van der Waals surface area contributed by atoms with Crippen molar-refractivity contribution in [1.29, 1.82) is 0 Å². The van der Waals surface area contributed by atoms with Gasteiger partial charge in [-0.15, -0.1) is 11.8 Å². The molecule has 0 bridgehead atoms. The van der Waals surface area contributed by atoms with Gasteiger partial charge in [-0.2, -0.15) is 0 Å². The second kappa shape index (κ2) is 9.53. The quantitative estimate of drug-likeness (QED) is 0.318. The molecule has 0 aliphatic rings. The smallest absolute Gasteiger partial charge is 0.248 e. The van der Waals surface area contributed by atoms with Crippen LogP contribution in [0.2, 0.25) is 10.0 Å². The maximum Gasteiger partial charge on any atom is 0.248 e. The van der Waals surface area contributed by atoms with Crippen molar-refractivity contribution in [3.63, 3.8) is 0 Å². The number of halogens is 2. The van der Waals surface area contributed by atoms with E-state index in [9.17, 15) is 0 Å². The van der Waals surface area contributed by atoms with Crippen LogP contribution in [0.3, 0.4) is 0 Å². The van der Waals surface area contributed by atoms with Crippen molar-refractivity contribution < 1.29 is 9.05 Å². The Hall–Kier alpha value is 1.07. The van der Waals surface area contributed by atoms with Gasteiger partial charge < -0.3 is 9.05 Å². The zero-order valence-corrected chi connectivity index (χ0v) is 18.0. The van der Waals surface area contributed by atoms with E-state index in [1.807, 2.05) is 26.0 Å². The number of rotatable bonds is 9. The molecule has 0 amide bonds. The lowest BCUT2D eigenvalue weighted by molar-refractivity contribution is 0.280. The highest BCUT2D eigenvalue weighted by atomic mass is 35.5. The highest BCUT2D eigenvalue weighted by molar-refractivity contribution is 8.69.